The molecule has 0 bridgehead atoms. The van der Waals surface area contributed by atoms with Gasteiger partial charge in [-0.3, -0.25) is 0 Å². The molecule has 1 saturated carbocycles. The van der Waals surface area contributed by atoms with Gasteiger partial charge in [-0.1, -0.05) is 51.0 Å². The molecule has 92 valence electrons. The molecule has 3 unspecified atom stereocenters. The molecule has 3 atom stereocenters. The third-order valence-electron chi connectivity index (χ3n) is 3.84. The van der Waals surface area contributed by atoms with E-state index in [4.69, 9.17) is 0 Å². The maximum Gasteiger partial charge on any atom is -0.0205 e. The van der Waals surface area contributed by atoms with Crippen LogP contribution in [0.25, 0.3) is 0 Å². The van der Waals surface area contributed by atoms with Gasteiger partial charge < -0.3 is 0 Å². The Morgan fingerprint density at radius 2 is 2.00 bits per heavy atom. The van der Waals surface area contributed by atoms with Crippen molar-refractivity contribution in [2.75, 3.05) is 0 Å². The van der Waals surface area contributed by atoms with Crippen LogP contribution in [0.4, 0.5) is 0 Å². The smallest absolute Gasteiger partial charge is 0.0205 e. The standard InChI is InChI=1S/C16H28/c1-4-6-7-8-9-11-15-12-14(3)16(13-15)10-5-2/h5,8-10,14-16H,4,6-7,11-13H2,1-3H3. The second-order valence-electron chi connectivity index (χ2n) is 5.35. The zero-order chi connectivity index (χ0) is 11.8. The van der Waals surface area contributed by atoms with Crippen molar-refractivity contribution < 1.29 is 0 Å². The molecule has 16 heavy (non-hydrogen) atoms. The number of allylic oxidation sites excluding steroid dienone is 4. The molecule has 0 heterocycles. The molecule has 1 aliphatic carbocycles. The minimum atomic E-state index is 0.846. The van der Waals surface area contributed by atoms with Gasteiger partial charge in [-0.15, -0.1) is 0 Å². The zero-order valence-electron chi connectivity index (χ0n) is 11.3. The highest BCUT2D eigenvalue weighted by Gasteiger charge is 2.28. The van der Waals surface area contributed by atoms with Gasteiger partial charge in [0, 0.05) is 0 Å². The Morgan fingerprint density at radius 1 is 1.19 bits per heavy atom. The second kappa shape index (κ2) is 7.70. The van der Waals surface area contributed by atoms with Crippen molar-refractivity contribution in [3.63, 3.8) is 0 Å². The fourth-order valence-corrected chi connectivity index (χ4v) is 2.85. The molecule has 0 radical (unpaired) electrons. The first-order valence-corrected chi connectivity index (χ1v) is 7.05. The Bertz CT molecular complexity index is 224. The lowest BCUT2D eigenvalue weighted by atomic mass is 9.98. The van der Waals surface area contributed by atoms with Crippen molar-refractivity contribution in [2.24, 2.45) is 17.8 Å². The maximum atomic E-state index is 2.42. The van der Waals surface area contributed by atoms with Crippen LogP contribution in [0, 0.1) is 17.8 Å². The van der Waals surface area contributed by atoms with Crippen molar-refractivity contribution >= 4 is 0 Å². The summed E-state index contributed by atoms with van der Waals surface area (Å²) in [5.74, 6) is 2.68. The summed E-state index contributed by atoms with van der Waals surface area (Å²) in [7, 11) is 0. The molecular formula is C16H28. The van der Waals surface area contributed by atoms with E-state index in [-0.39, 0.29) is 0 Å². The Morgan fingerprint density at radius 3 is 2.69 bits per heavy atom. The van der Waals surface area contributed by atoms with Gasteiger partial charge >= 0.3 is 0 Å². The molecule has 0 aromatic carbocycles. The van der Waals surface area contributed by atoms with E-state index in [9.17, 15) is 0 Å². The van der Waals surface area contributed by atoms with Crippen LogP contribution in [-0.2, 0) is 0 Å². The molecule has 0 heteroatoms. The number of hydrogen-bond acceptors (Lipinski definition) is 0. The number of hydrogen-bond donors (Lipinski definition) is 0. The third-order valence-corrected chi connectivity index (χ3v) is 3.84. The summed E-state index contributed by atoms with van der Waals surface area (Å²) in [4.78, 5) is 0. The van der Waals surface area contributed by atoms with E-state index < -0.39 is 0 Å². The Labute approximate surface area is 102 Å². The van der Waals surface area contributed by atoms with Crippen molar-refractivity contribution in [3.8, 4) is 0 Å². The quantitative estimate of drug-likeness (QED) is 0.417. The van der Waals surface area contributed by atoms with Crippen molar-refractivity contribution in [1.82, 2.24) is 0 Å². The van der Waals surface area contributed by atoms with E-state index in [0.29, 0.717) is 0 Å². The summed E-state index contributed by atoms with van der Waals surface area (Å²) in [6.45, 7) is 6.81. The Balaban J connectivity index is 2.22. The van der Waals surface area contributed by atoms with Gasteiger partial charge in [0.1, 0.15) is 0 Å². The average Bonchev–Trinajstić information content (AvgIpc) is 2.60. The van der Waals surface area contributed by atoms with Gasteiger partial charge in [-0.25, -0.2) is 0 Å². The molecule has 0 saturated heterocycles. The fraction of sp³-hybridized carbons (Fsp3) is 0.750. The molecular weight excluding hydrogens is 192 g/mol. The lowest BCUT2D eigenvalue weighted by molar-refractivity contribution is 0.498. The zero-order valence-corrected chi connectivity index (χ0v) is 11.3. The first-order valence-electron chi connectivity index (χ1n) is 7.05. The lowest BCUT2D eigenvalue weighted by Crippen LogP contribution is -1.98. The van der Waals surface area contributed by atoms with Gasteiger partial charge in [0.05, 0.1) is 0 Å². The van der Waals surface area contributed by atoms with Crippen LogP contribution >= 0.6 is 0 Å². The maximum absolute atomic E-state index is 2.42. The van der Waals surface area contributed by atoms with Crippen LogP contribution < -0.4 is 0 Å². The minimum Gasteiger partial charge on any atom is -0.0914 e. The topological polar surface area (TPSA) is 0 Å². The van der Waals surface area contributed by atoms with Crippen LogP contribution in [-0.4, -0.2) is 0 Å². The summed E-state index contributed by atoms with van der Waals surface area (Å²) < 4.78 is 0. The van der Waals surface area contributed by atoms with E-state index in [2.05, 4.69) is 45.1 Å². The summed E-state index contributed by atoms with van der Waals surface area (Å²) in [5.41, 5.74) is 0. The average molecular weight is 220 g/mol. The molecule has 0 spiro atoms. The highest BCUT2D eigenvalue weighted by Crippen LogP contribution is 2.38. The predicted octanol–water partition coefficient (Wildman–Crippen LogP) is 5.36. The van der Waals surface area contributed by atoms with Gasteiger partial charge in [-0.2, -0.15) is 0 Å². The normalized spacial score (nSPS) is 30.8. The van der Waals surface area contributed by atoms with E-state index in [1.807, 2.05) is 0 Å². The number of rotatable bonds is 6. The highest BCUT2D eigenvalue weighted by molar-refractivity contribution is 4.96. The van der Waals surface area contributed by atoms with Crippen molar-refractivity contribution in [3.05, 3.63) is 24.3 Å². The molecule has 0 aliphatic heterocycles. The van der Waals surface area contributed by atoms with Crippen molar-refractivity contribution in [2.45, 2.75) is 59.3 Å². The fourth-order valence-electron chi connectivity index (χ4n) is 2.85. The van der Waals surface area contributed by atoms with Crippen LogP contribution in [0.3, 0.4) is 0 Å². The summed E-state index contributed by atoms with van der Waals surface area (Å²) in [5, 5.41) is 0. The summed E-state index contributed by atoms with van der Waals surface area (Å²) in [6, 6.07) is 0. The van der Waals surface area contributed by atoms with E-state index in [0.717, 1.165) is 17.8 Å². The molecule has 1 fully saturated rings. The predicted molar refractivity (Wildman–Crippen MR) is 73.5 cm³/mol. The SMILES string of the molecule is CC=CC1CC(CC=CCCCC)CC1C. The van der Waals surface area contributed by atoms with E-state index >= 15 is 0 Å². The lowest BCUT2D eigenvalue weighted by Gasteiger charge is -2.07. The molecule has 1 aliphatic rings. The third kappa shape index (κ3) is 4.55. The van der Waals surface area contributed by atoms with Crippen LogP contribution in [0.1, 0.15) is 59.3 Å². The van der Waals surface area contributed by atoms with E-state index in [1.165, 1.54) is 38.5 Å². The van der Waals surface area contributed by atoms with Crippen LogP contribution in [0.2, 0.25) is 0 Å². The van der Waals surface area contributed by atoms with Gasteiger partial charge in [-0.05, 0) is 50.4 Å². The molecule has 1 rings (SSSR count). The Kier molecular flexibility index (Phi) is 6.52. The summed E-state index contributed by atoms with van der Waals surface area (Å²) in [6.07, 6.45) is 17.5. The van der Waals surface area contributed by atoms with Gasteiger partial charge in [0.15, 0.2) is 0 Å². The molecule has 0 amide bonds. The van der Waals surface area contributed by atoms with E-state index in [1.54, 1.807) is 0 Å². The first-order chi connectivity index (χ1) is 7.77. The molecule has 0 nitrogen and oxygen atoms in total. The largest absolute Gasteiger partial charge is 0.0914 e. The second-order valence-corrected chi connectivity index (χ2v) is 5.35. The Hall–Kier alpha value is -0.520. The van der Waals surface area contributed by atoms with Crippen LogP contribution in [0.5, 0.6) is 0 Å². The summed E-state index contributed by atoms with van der Waals surface area (Å²) >= 11 is 0. The number of unbranched alkanes of at least 4 members (excludes halogenated alkanes) is 2. The van der Waals surface area contributed by atoms with Crippen molar-refractivity contribution in [1.29, 1.82) is 0 Å². The van der Waals surface area contributed by atoms with Gasteiger partial charge in [0.2, 0.25) is 0 Å². The minimum absolute atomic E-state index is 0.846. The first kappa shape index (κ1) is 13.5. The molecule has 0 N–H and O–H groups in total. The van der Waals surface area contributed by atoms with Crippen LogP contribution in [0.15, 0.2) is 24.3 Å². The monoisotopic (exact) mass is 220 g/mol. The van der Waals surface area contributed by atoms with Gasteiger partial charge in [0.25, 0.3) is 0 Å². The highest BCUT2D eigenvalue weighted by atomic mass is 14.3. The molecule has 0 aromatic rings. The molecule has 0 aromatic heterocycles.